The maximum absolute atomic E-state index is 13.5. The molecule has 0 saturated carbocycles. The highest BCUT2D eigenvalue weighted by atomic mass is 35.5. The van der Waals surface area contributed by atoms with Gasteiger partial charge < -0.3 is 10.5 Å². The van der Waals surface area contributed by atoms with Gasteiger partial charge in [-0.2, -0.15) is 8.78 Å². The van der Waals surface area contributed by atoms with Gasteiger partial charge in [0.05, 0.1) is 0 Å². The third kappa shape index (κ3) is 3.03. The van der Waals surface area contributed by atoms with Crippen LogP contribution in [-0.4, -0.2) is 29.8 Å². The van der Waals surface area contributed by atoms with Gasteiger partial charge >= 0.3 is 11.9 Å². The number of rotatable bonds is 5. The lowest BCUT2D eigenvalue weighted by atomic mass is 9.98. The molecule has 0 saturated heterocycles. The molecule has 0 heterocycles. The van der Waals surface area contributed by atoms with Gasteiger partial charge in [-0.25, -0.2) is 0 Å². The number of hydrogen-bond acceptors (Lipinski definition) is 4. The minimum absolute atomic E-state index is 0.160. The predicted molar refractivity (Wildman–Crippen MR) is 88.5 cm³/mol. The molecule has 0 radical (unpaired) electrons. The fourth-order valence-electron chi connectivity index (χ4n) is 2.96. The minimum Gasteiger partial charge on any atom is -0.463 e. The normalized spacial score (nSPS) is 14.6. The molecule has 0 spiro atoms. The number of fused-ring (bicyclic) bond motifs is 3. The van der Waals surface area contributed by atoms with E-state index < -0.39 is 23.2 Å². The lowest BCUT2D eigenvalue weighted by molar-refractivity contribution is -0.160. The number of alkyl halides is 2. The Labute approximate surface area is 147 Å². The van der Waals surface area contributed by atoms with E-state index in [2.05, 4.69) is 0 Å². The zero-order chi connectivity index (χ0) is 18.2. The summed E-state index contributed by atoms with van der Waals surface area (Å²) < 4.78 is 31.9. The molecule has 1 aliphatic rings. The van der Waals surface area contributed by atoms with Gasteiger partial charge in [-0.3, -0.25) is 9.59 Å². The Bertz CT molecular complexity index is 795. The lowest BCUT2D eigenvalue weighted by Gasteiger charge is -2.20. The molecule has 3 rings (SSSR count). The molecular weight excluding hydrogens is 352 g/mol. The van der Waals surface area contributed by atoms with Crippen LogP contribution >= 0.6 is 11.6 Å². The number of halogens is 3. The minimum atomic E-state index is -4.18. The summed E-state index contributed by atoms with van der Waals surface area (Å²) >= 11 is 4.79. The van der Waals surface area contributed by atoms with Crippen molar-refractivity contribution in [3.63, 3.8) is 0 Å². The first kappa shape index (κ1) is 17.5. The molecule has 130 valence electrons. The molecule has 0 bridgehead atoms. The molecule has 1 atom stereocenters. The van der Waals surface area contributed by atoms with E-state index in [1.165, 1.54) is 0 Å². The topological polar surface area (TPSA) is 69.4 Å². The molecule has 25 heavy (non-hydrogen) atoms. The van der Waals surface area contributed by atoms with Gasteiger partial charge in [-0.1, -0.05) is 48.5 Å². The van der Waals surface area contributed by atoms with Crippen molar-refractivity contribution in [3.8, 4) is 11.1 Å². The second-order valence-electron chi connectivity index (χ2n) is 5.73. The third-order valence-corrected chi connectivity index (χ3v) is 4.51. The van der Waals surface area contributed by atoms with E-state index in [1.54, 1.807) is 0 Å². The van der Waals surface area contributed by atoms with Gasteiger partial charge in [0.1, 0.15) is 6.61 Å². The first-order valence-electron chi connectivity index (χ1n) is 7.52. The summed E-state index contributed by atoms with van der Waals surface area (Å²) in [6.07, 6.45) is 0. The average molecular weight is 366 g/mol. The van der Waals surface area contributed by atoms with E-state index in [9.17, 15) is 18.4 Å². The number of ether oxygens (including phenoxy) is 1. The predicted octanol–water partition coefficient (Wildman–Crippen LogP) is 3.07. The highest BCUT2D eigenvalue weighted by Crippen LogP contribution is 2.44. The monoisotopic (exact) mass is 365 g/mol. The summed E-state index contributed by atoms with van der Waals surface area (Å²) in [6.45, 7) is -0.160. The first-order valence-corrected chi connectivity index (χ1v) is 7.90. The van der Waals surface area contributed by atoms with Gasteiger partial charge in [0.2, 0.25) is 0 Å². The Morgan fingerprint density at radius 1 is 1.08 bits per heavy atom. The van der Waals surface area contributed by atoms with Crippen molar-refractivity contribution in [3.05, 3.63) is 59.7 Å². The second kappa shape index (κ2) is 6.54. The van der Waals surface area contributed by atoms with Crippen molar-refractivity contribution < 1.29 is 23.1 Å². The van der Waals surface area contributed by atoms with Gasteiger partial charge in [0.25, 0.3) is 5.24 Å². The maximum atomic E-state index is 13.5. The molecule has 0 aliphatic heterocycles. The van der Waals surface area contributed by atoms with Crippen LogP contribution in [0.25, 0.3) is 11.1 Å². The van der Waals surface area contributed by atoms with Crippen LogP contribution in [0, 0.1) is 0 Å². The number of esters is 1. The number of benzene rings is 2. The Morgan fingerprint density at radius 2 is 1.56 bits per heavy atom. The molecule has 0 aromatic heterocycles. The average Bonchev–Trinajstić information content (AvgIpc) is 2.93. The summed E-state index contributed by atoms with van der Waals surface area (Å²) in [6, 6.07) is 12.7. The van der Waals surface area contributed by atoms with Crippen LogP contribution in [-0.2, 0) is 14.3 Å². The molecule has 1 unspecified atom stereocenters. The number of carbonyl (C=O) groups excluding carboxylic acids is 2. The summed E-state index contributed by atoms with van der Waals surface area (Å²) in [5.74, 6) is -5.84. The SMILES string of the molecule is NC(C(=O)OCC1c2ccccc2-c2ccccc21)C(F)(F)C(=O)Cl. The van der Waals surface area contributed by atoms with Gasteiger partial charge in [-0.05, 0) is 33.9 Å². The van der Waals surface area contributed by atoms with Crippen molar-refractivity contribution >= 4 is 22.8 Å². The van der Waals surface area contributed by atoms with Crippen LogP contribution < -0.4 is 5.73 Å². The Balaban J connectivity index is 1.80. The smallest absolute Gasteiger partial charge is 0.345 e. The van der Waals surface area contributed by atoms with Crippen LogP contribution in [0.2, 0.25) is 0 Å². The molecule has 1 aliphatic carbocycles. The number of carbonyl (C=O) groups is 2. The molecule has 0 fully saturated rings. The van der Waals surface area contributed by atoms with Gasteiger partial charge in [-0.15, -0.1) is 0 Å². The van der Waals surface area contributed by atoms with Crippen LogP contribution in [0.3, 0.4) is 0 Å². The first-order chi connectivity index (χ1) is 11.8. The Kier molecular flexibility index (Phi) is 4.58. The van der Waals surface area contributed by atoms with Gasteiger partial charge in [0, 0.05) is 5.92 Å². The van der Waals surface area contributed by atoms with Crippen LogP contribution in [0.4, 0.5) is 8.78 Å². The fourth-order valence-corrected chi connectivity index (χ4v) is 3.08. The molecule has 2 N–H and O–H groups in total. The summed E-state index contributed by atoms with van der Waals surface area (Å²) in [4.78, 5) is 22.6. The summed E-state index contributed by atoms with van der Waals surface area (Å²) in [5, 5.41) is -1.99. The summed E-state index contributed by atoms with van der Waals surface area (Å²) in [7, 11) is 0. The third-order valence-electron chi connectivity index (χ3n) is 4.26. The Morgan fingerprint density at radius 3 is 2.04 bits per heavy atom. The van der Waals surface area contributed by atoms with Crippen molar-refractivity contribution in [2.45, 2.75) is 17.9 Å². The molecule has 4 nitrogen and oxygen atoms in total. The highest BCUT2D eigenvalue weighted by molar-refractivity contribution is 6.65. The van der Waals surface area contributed by atoms with Crippen molar-refractivity contribution in [1.82, 2.24) is 0 Å². The van der Waals surface area contributed by atoms with Gasteiger partial charge in [0.15, 0.2) is 6.04 Å². The standard InChI is InChI=1S/C18H14ClF2NO3/c19-17(24)18(20,21)15(22)16(23)25-9-14-12-7-3-1-5-10(12)11-6-2-4-8-13(11)14/h1-8,14-15H,9,22H2. The van der Waals surface area contributed by atoms with E-state index in [0.717, 1.165) is 22.3 Å². The molecule has 2 aromatic rings. The lowest BCUT2D eigenvalue weighted by Crippen LogP contribution is -2.51. The van der Waals surface area contributed by atoms with Crippen LogP contribution in [0.1, 0.15) is 17.0 Å². The van der Waals surface area contributed by atoms with Crippen molar-refractivity contribution in [2.75, 3.05) is 6.61 Å². The van der Waals surface area contributed by atoms with E-state index in [-0.39, 0.29) is 12.5 Å². The second-order valence-corrected chi connectivity index (χ2v) is 6.07. The van der Waals surface area contributed by atoms with E-state index >= 15 is 0 Å². The summed E-state index contributed by atoms with van der Waals surface area (Å²) in [5.41, 5.74) is 9.02. The van der Waals surface area contributed by atoms with Crippen molar-refractivity contribution in [2.24, 2.45) is 5.73 Å². The van der Waals surface area contributed by atoms with Crippen LogP contribution in [0.5, 0.6) is 0 Å². The molecular formula is C18H14ClF2NO3. The molecule has 2 aromatic carbocycles. The van der Waals surface area contributed by atoms with Crippen LogP contribution in [0.15, 0.2) is 48.5 Å². The van der Waals surface area contributed by atoms with E-state index in [0.29, 0.717) is 0 Å². The molecule has 7 heteroatoms. The fraction of sp³-hybridized carbons (Fsp3) is 0.222. The number of nitrogens with two attached hydrogens (primary N) is 1. The molecule has 0 amide bonds. The largest absolute Gasteiger partial charge is 0.463 e. The maximum Gasteiger partial charge on any atom is 0.345 e. The van der Waals surface area contributed by atoms with E-state index in [4.69, 9.17) is 22.1 Å². The van der Waals surface area contributed by atoms with E-state index in [1.807, 2.05) is 48.5 Å². The Hall–Kier alpha value is -2.31. The number of hydrogen-bond donors (Lipinski definition) is 1. The zero-order valence-corrected chi connectivity index (χ0v) is 13.7. The quantitative estimate of drug-likeness (QED) is 0.653. The van der Waals surface area contributed by atoms with Crippen molar-refractivity contribution in [1.29, 1.82) is 0 Å². The highest BCUT2D eigenvalue weighted by Gasteiger charge is 2.49. The zero-order valence-electron chi connectivity index (χ0n) is 12.9.